The molecule has 1 saturated carbocycles. The number of methoxy groups -OCH3 is 1. The Morgan fingerprint density at radius 3 is 2.71 bits per heavy atom. The van der Waals surface area contributed by atoms with Crippen molar-refractivity contribution in [3.63, 3.8) is 0 Å². The van der Waals surface area contributed by atoms with E-state index in [2.05, 4.69) is 42.4 Å². The number of nitrogens with zero attached hydrogens (tertiary/aromatic N) is 1. The molecule has 1 aliphatic rings. The third-order valence-corrected chi connectivity index (χ3v) is 4.50. The summed E-state index contributed by atoms with van der Waals surface area (Å²) in [4.78, 5) is 4.65. The molecule has 1 aliphatic carbocycles. The Morgan fingerprint density at radius 2 is 2.00 bits per heavy atom. The number of nitrogens with one attached hydrogen (secondary N) is 1. The first-order valence-electron chi connectivity index (χ1n) is 7.83. The fourth-order valence-electron chi connectivity index (χ4n) is 3.01. The van der Waals surface area contributed by atoms with E-state index < -0.39 is 0 Å². The Kier molecular flexibility index (Phi) is 5.74. The zero-order valence-electron chi connectivity index (χ0n) is 14.2. The monoisotopic (exact) mass is 437 g/mol. The summed E-state index contributed by atoms with van der Waals surface area (Å²) in [7, 11) is 1.70. The summed E-state index contributed by atoms with van der Waals surface area (Å²) >= 11 is 0. The van der Waals surface area contributed by atoms with Crippen molar-refractivity contribution < 1.29 is 4.74 Å². The Hall–Kier alpha value is -1.76. The van der Waals surface area contributed by atoms with E-state index in [0.29, 0.717) is 5.96 Å². The minimum atomic E-state index is -0.00842. The van der Waals surface area contributed by atoms with Gasteiger partial charge in [0, 0.05) is 16.7 Å². The molecular formula is C19H24IN3O. The summed E-state index contributed by atoms with van der Waals surface area (Å²) in [6, 6.07) is 16.4. The number of nitrogens with two attached hydrogens (primary N) is 1. The lowest BCUT2D eigenvalue weighted by Crippen LogP contribution is -2.24. The molecule has 0 bridgehead atoms. The molecule has 0 aromatic heterocycles. The average molecular weight is 437 g/mol. The molecule has 1 fully saturated rings. The van der Waals surface area contributed by atoms with Crippen molar-refractivity contribution in [2.75, 3.05) is 12.4 Å². The van der Waals surface area contributed by atoms with Crippen molar-refractivity contribution in [1.82, 2.24) is 0 Å². The van der Waals surface area contributed by atoms with Crippen LogP contribution in [-0.4, -0.2) is 19.1 Å². The van der Waals surface area contributed by atoms with Crippen molar-refractivity contribution in [3.05, 3.63) is 59.7 Å². The van der Waals surface area contributed by atoms with Gasteiger partial charge in [-0.25, -0.2) is 4.99 Å². The molecule has 0 spiro atoms. The van der Waals surface area contributed by atoms with Gasteiger partial charge in [-0.2, -0.15) is 0 Å². The molecule has 2 aromatic carbocycles. The van der Waals surface area contributed by atoms with Crippen molar-refractivity contribution >= 4 is 35.6 Å². The molecule has 0 amide bonds. The maximum atomic E-state index is 6.07. The van der Waals surface area contributed by atoms with Gasteiger partial charge in [0.1, 0.15) is 5.75 Å². The standard InChI is InChI=1S/C19H23N3O.HI/c1-13-7-6-8-14(11-13)21-18(20)22-17-12-19(17,2)15-9-4-5-10-16(15)23-3;/h4-11,17H,12H2,1-3H3,(H3,20,21,22);1H. The lowest BCUT2D eigenvalue weighted by atomic mass is 9.96. The molecule has 128 valence electrons. The van der Waals surface area contributed by atoms with Crippen LogP contribution in [0.15, 0.2) is 53.5 Å². The van der Waals surface area contributed by atoms with Gasteiger partial charge in [-0.05, 0) is 37.1 Å². The van der Waals surface area contributed by atoms with E-state index in [1.165, 1.54) is 11.1 Å². The molecule has 0 aliphatic heterocycles. The zero-order chi connectivity index (χ0) is 16.4. The quantitative estimate of drug-likeness (QED) is 0.431. The van der Waals surface area contributed by atoms with Crippen molar-refractivity contribution in [1.29, 1.82) is 0 Å². The highest BCUT2D eigenvalue weighted by Gasteiger charge is 2.53. The van der Waals surface area contributed by atoms with E-state index in [1.807, 2.05) is 30.3 Å². The normalized spacial score (nSPS) is 22.5. The third kappa shape index (κ3) is 3.83. The Bertz CT molecular complexity index is 747. The predicted octanol–water partition coefficient (Wildman–Crippen LogP) is 4.08. The van der Waals surface area contributed by atoms with Gasteiger partial charge in [0.2, 0.25) is 0 Å². The highest BCUT2D eigenvalue weighted by Crippen LogP contribution is 2.52. The number of rotatable bonds is 4. The molecule has 0 radical (unpaired) electrons. The molecule has 2 atom stereocenters. The van der Waals surface area contributed by atoms with Crippen LogP contribution < -0.4 is 15.8 Å². The highest BCUT2D eigenvalue weighted by atomic mass is 127. The van der Waals surface area contributed by atoms with Gasteiger partial charge in [-0.3, -0.25) is 0 Å². The Morgan fingerprint density at radius 1 is 1.25 bits per heavy atom. The molecule has 3 rings (SSSR count). The molecule has 2 unspecified atom stereocenters. The van der Waals surface area contributed by atoms with E-state index in [0.717, 1.165) is 17.9 Å². The largest absolute Gasteiger partial charge is 0.496 e. The van der Waals surface area contributed by atoms with Gasteiger partial charge in [-0.15, -0.1) is 24.0 Å². The number of anilines is 1. The molecule has 4 nitrogen and oxygen atoms in total. The smallest absolute Gasteiger partial charge is 0.193 e. The summed E-state index contributed by atoms with van der Waals surface area (Å²) in [6.07, 6.45) is 0.976. The summed E-state index contributed by atoms with van der Waals surface area (Å²) in [5.74, 6) is 1.37. The van der Waals surface area contributed by atoms with E-state index in [4.69, 9.17) is 10.5 Å². The van der Waals surface area contributed by atoms with Crippen LogP contribution in [0.1, 0.15) is 24.5 Å². The lowest BCUT2D eigenvalue weighted by Gasteiger charge is -2.15. The number of aliphatic imine (C=N–C) groups is 1. The number of benzene rings is 2. The van der Waals surface area contributed by atoms with Crippen LogP contribution in [0.25, 0.3) is 0 Å². The first-order valence-corrected chi connectivity index (χ1v) is 7.83. The second-order valence-electron chi connectivity index (χ2n) is 6.35. The number of halogens is 1. The maximum absolute atomic E-state index is 6.07. The number of hydrogen-bond acceptors (Lipinski definition) is 2. The second-order valence-corrected chi connectivity index (χ2v) is 6.35. The van der Waals surface area contributed by atoms with E-state index in [9.17, 15) is 0 Å². The topological polar surface area (TPSA) is 59.6 Å². The minimum absolute atomic E-state index is 0. The van der Waals surface area contributed by atoms with Gasteiger partial charge < -0.3 is 15.8 Å². The maximum Gasteiger partial charge on any atom is 0.193 e. The van der Waals surface area contributed by atoms with E-state index >= 15 is 0 Å². The summed E-state index contributed by atoms with van der Waals surface area (Å²) in [5, 5.41) is 3.17. The summed E-state index contributed by atoms with van der Waals surface area (Å²) in [6.45, 7) is 4.26. The fourth-order valence-corrected chi connectivity index (χ4v) is 3.01. The van der Waals surface area contributed by atoms with Crippen LogP contribution in [0.5, 0.6) is 5.75 Å². The predicted molar refractivity (Wildman–Crippen MR) is 111 cm³/mol. The average Bonchev–Trinajstić information content (AvgIpc) is 3.18. The van der Waals surface area contributed by atoms with Crippen molar-refractivity contribution in [2.24, 2.45) is 10.7 Å². The van der Waals surface area contributed by atoms with Gasteiger partial charge in [0.25, 0.3) is 0 Å². The van der Waals surface area contributed by atoms with Gasteiger partial charge in [-0.1, -0.05) is 37.3 Å². The van der Waals surface area contributed by atoms with Crippen LogP contribution in [-0.2, 0) is 5.41 Å². The van der Waals surface area contributed by atoms with E-state index in [-0.39, 0.29) is 35.4 Å². The Labute approximate surface area is 160 Å². The molecule has 2 aromatic rings. The number of para-hydroxylation sites is 1. The zero-order valence-corrected chi connectivity index (χ0v) is 16.6. The molecule has 24 heavy (non-hydrogen) atoms. The van der Waals surface area contributed by atoms with Crippen LogP contribution in [0.4, 0.5) is 5.69 Å². The molecule has 5 heteroatoms. The highest BCUT2D eigenvalue weighted by molar-refractivity contribution is 14.0. The number of ether oxygens (including phenoxy) is 1. The van der Waals surface area contributed by atoms with Crippen molar-refractivity contribution in [2.45, 2.75) is 31.7 Å². The SMILES string of the molecule is COc1ccccc1C1(C)CC1N=C(N)Nc1cccc(C)c1.I. The summed E-state index contributed by atoms with van der Waals surface area (Å²) < 4.78 is 5.48. The molecule has 0 heterocycles. The van der Waals surface area contributed by atoms with Crippen LogP contribution >= 0.6 is 24.0 Å². The van der Waals surface area contributed by atoms with Crippen molar-refractivity contribution in [3.8, 4) is 5.75 Å². The van der Waals surface area contributed by atoms with Crippen LogP contribution in [0.3, 0.4) is 0 Å². The van der Waals surface area contributed by atoms with Crippen LogP contribution in [0, 0.1) is 6.92 Å². The number of hydrogen-bond donors (Lipinski definition) is 2. The van der Waals surface area contributed by atoms with Gasteiger partial charge >= 0.3 is 0 Å². The molecule has 3 N–H and O–H groups in total. The van der Waals surface area contributed by atoms with Crippen LogP contribution in [0.2, 0.25) is 0 Å². The third-order valence-electron chi connectivity index (χ3n) is 4.50. The lowest BCUT2D eigenvalue weighted by molar-refractivity contribution is 0.405. The second kappa shape index (κ2) is 7.42. The summed E-state index contributed by atoms with van der Waals surface area (Å²) in [5.41, 5.74) is 9.41. The fraction of sp³-hybridized carbons (Fsp3) is 0.316. The van der Waals surface area contributed by atoms with Gasteiger partial charge in [0.05, 0.1) is 13.2 Å². The number of aryl methyl sites for hydroxylation is 1. The first kappa shape index (κ1) is 18.6. The molecule has 0 saturated heterocycles. The number of guanidine groups is 1. The van der Waals surface area contributed by atoms with Gasteiger partial charge in [0.15, 0.2) is 5.96 Å². The first-order chi connectivity index (χ1) is 11.0. The Balaban J connectivity index is 0.00000208. The molecular weight excluding hydrogens is 413 g/mol. The minimum Gasteiger partial charge on any atom is -0.496 e. The van der Waals surface area contributed by atoms with E-state index in [1.54, 1.807) is 7.11 Å².